The molecule has 0 heterocycles. The van der Waals surface area contributed by atoms with Crippen LogP contribution in [0.4, 0.5) is 0 Å². The summed E-state index contributed by atoms with van der Waals surface area (Å²) in [5, 5.41) is 0. The van der Waals surface area contributed by atoms with Gasteiger partial charge in [0.05, 0.1) is 20.6 Å². The molecule has 0 aromatic heterocycles. The summed E-state index contributed by atoms with van der Waals surface area (Å²) in [4.78, 5) is 55.6. The summed E-state index contributed by atoms with van der Waals surface area (Å²) in [5.41, 5.74) is 5.36. The molecule has 0 unspecified atom stereocenters. The Morgan fingerprint density at radius 3 is 1.79 bits per heavy atom. The number of hydrogen-bond donors (Lipinski definition) is 1. The molecule has 24 heavy (non-hydrogen) atoms. The highest BCUT2D eigenvalue weighted by atomic mass is 16.6. The molecule has 0 aliphatic rings. The highest BCUT2D eigenvalue weighted by Crippen LogP contribution is 1.98. The van der Waals surface area contributed by atoms with Gasteiger partial charge < -0.3 is 24.7 Å². The molecule has 0 atom stereocenters. The molecule has 0 bridgehead atoms. The van der Waals surface area contributed by atoms with Gasteiger partial charge in [-0.2, -0.15) is 0 Å². The molecule has 0 aromatic rings. The summed E-state index contributed by atoms with van der Waals surface area (Å²) in [6.07, 6.45) is -0.501. The maximum atomic E-state index is 11.4. The van der Waals surface area contributed by atoms with Crippen LogP contribution in [-0.2, 0) is 42.9 Å². The van der Waals surface area contributed by atoms with Crippen LogP contribution in [0.3, 0.4) is 0 Å². The van der Waals surface area contributed by atoms with Crippen LogP contribution in [0, 0.1) is 0 Å². The zero-order valence-corrected chi connectivity index (χ0v) is 13.4. The van der Waals surface area contributed by atoms with E-state index in [-0.39, 0.29) is 25.3 Å². The second kappa shape index (κ2) is 11.6. The van der Waals surface area contributed by atoms with Crippen molar-refractivity contribution < 1.29 is 42.9 Å². The van der Waals surface area contributed by atoms with E-state index in [2.05, 4.69) is 14.2 Å². The number of esters is 4. The van der Waals surface area contributed by atoms with Gasteiger partial charge in [-0.25, -0.2) is 4.79 Å². The minimum Gasteiger partial charge on any atom is -0.469 e. The molecule has 0 amide bonds. The molecular weight excluding hydrogens is 326 g/mol. The van der Waals surface area contributed by atoms with Gasteiger partial charge in [0.25, 0.3) is 0 Å². The van der Waals surface area contributed by atoms with Crippen LogP contribution in [0.2, 0.25) is 0 Å². The average Bonchev–Trinajstić information content (AvgIpc) is 2.50. The van der Waals surface area contributed by atoms with Gasteiger partial charge in [-0.1, -0.05) is 0 Å². The van der Waals surface area contributed by atoms with Crippen molar-refractivity contribution in [3.05, 3.63) is 11.8 Å². The quantitative estimate of drug-likeness (QED) is 0.172. The van der Waals surface area contributed by atoms with E-state index in [9.17, 15) is 24.0 Å². The third kappa shape index (κ3) is 10.8. The molecule has 0 aliphatic carbocycles. The molecule has 0 aromatic carbocycles. The van der Waals surface area contributed by atoms with Crippen LogP contribution in [0.1, 0.15) is 19.3 Å². The largest absolute Gasteiger partial charge is 0.469 e. The third-order valence-electron chi connectivity index (χ3n) is 2.37. The number of carbonyl (C=O) groups excluding carboxylic acids is 5. The van der Waals surface area contributed by atoms with Crippen LogP contribution in [0.15, 0.2) is 11.8 Å². The molecule has 0 rings (SSSR count). The predicted molar refractivity (Wildman–Crippen MR) is 77.1 cm³/mol. The first-order valence-electron chi connectivity index (χ1n) is 6.72. The van der Waals surface area contributed by atoms with Crippen LogP contribution in [-0.4, -0.2) is 57.1 Å². The Kier molecular flexibility index (Phi) is 10.2. The van der Waals surface area contributed by atoms with Crippen molar-refractivity contribution in [1.29, 1.82) is 0 Å². The van der Waals surface area contributed by atoms with E-state index in [1.54, 1.807) is 0 Å². The lowest BCUT2D eigenvalue weighted by Crippen LogP contribution is -2.18. The van der Waals surface area contributed by atoms with E-state index in [1.807, 2.05) is 0 Å². The van der Waals surface area contributed by atoms with Gasteiger partial charge in [0, 0.05) is 11.8 Å². The summed E-state index contributed by atoms with van der Waals surface area (Å²) in [5.74, 6) is -3.69. The van der Waals surface area contributed by atoms with Crippen molar-refractivity contribution >= 4 is 29.7 Å². The Morgan fingerprint density at radius 1 is 0.792 bits per heavy atom. The van der Waals surface area contributed by atoms with Crippen molar-refractivity contribution in [2.24, 2.45) is 5.73 Å². The first kappa shape index (κ1) is 21.1. The molecule has 134 valence electrons. The maximum Gasteiger partial charge on any atom is 0.332 e. The SMILES string of the molecule is COC(=O)/C=C(\N)CC(=O)OCCOC(=O)CC(=O)CC(=O)OC. The van der Waals surface area contributed by atoms with E-state index >= 15 is 0 Å². The molecule has 2 N–H and O–H groups in total. The number of ketones is 1. The minimum atomic E-state index is -0.856. The monoisotopic (exact) mass is 345 g/mol. The fraction of sp³-hybridized carbons (Fsp3) is 0.500. The van der Waals surface area contributed by atoms with E-state index in [0.29, 0.717) is 0 Å². The van der Waals surface area contributed by atoms with E-state index < -0.39 is 42.5 Å². The van der Waals surface area contributed by atoms with E-state index in [0.717, 1.165) is 20.3 Å². The van der Waals surface area contributed by atoms with E-state index in [4.69, 9.17) is 10.5 Å². The summed E-state index contributed by atoms with van der Waals surface area (Å²) in [6, 6.07) is 0. The molecule has 0 aliphatic heterocycles. The number of methoxy groups -OCH3 is 2. The Morgan fingerprint density at radius 2 is 1.29 bits per heavy atom. The van der Waals surface area contributed by atoms with Gasteiger partial charge in [-0.3, -0.25) is 19.2 Å². The molecule has 0 saturated carbocycles. The Labute approximate surface area is 137 Å². The number of hydrogen-bond acceptors (Lipinski definition) is 10. The van der Waals surface area contributed by atoms with Crippen molar-refractivity contribution in [2.45, 2.75) is 19.3 Å². The molecule has 0 radical (unpaired) electrons. The number of Topliss-reactive ketones (excluding diaryl/α,β-unsaturated/α-hetero) is 1. The van der Waals surface area contributed by atoms with Crippen LogP contribution in [0.5, 0.6) is 0 Å². The Bertz CT molecular complexity index is 524. The van der Waals surface area contributed by atoms with Crippen molar-refractivity contribution in [3.63, 3.8) is 0 Å². The van der Waals surface area contributed by atoms with E-state index in [1.165, 1.54) is 0 Å². The fourth-order valence-corrected chi connectivity index (χ4v) is 1.30. The Hall–Kier alpha value is -2.91. The lowest BCUT2D eigenvalue weighted by atomic mass is 10.2. The summed E-state index contributed by atoms with van der Waals surface area (Å²) < 4.78 is 18.0. The molecule has 10 nitrogen and oxygen atoms in total. The highest BCUT2D eigenvalue weighted by Gasteiger charge is 2.15. The van der Waals surface area contributed by atoms with Gasteiger partial charge in [-0.15, -0.1) is 0 Å². The Balaban J connectivity index is 3.92. The number of nitrogens with two attached hydrogens (primary N) is 1. The van der Waals surface area contributed by atoms with Gasteiger partial charge in [0.1, 0.15) is 26.1 Å². The minimum absolute atomic E-state index is 0.0442. The normalized spacial score (nSPS) is 10.5. The molecule has 10 heteroatoms. The first-order chi connectivity index (χ1) is 11.3. The molecule has 0 saturated heterocycles. The fourth-order valence-electron chi connectivity index (χ4n) is 1.30. The van der Waals surface area contributed by atoms with Crippen LogP contribution < -0.4 is 5.73 Å². The van der Waals surface area contributed by atoms with Gasteiger partial charge in [0.15, 0.2) is 5.78 Å². The van der Waals surface area contributed by atoms with Gasteiger partial charge in [0.2, 0.25) is 0 Å². The predicted octanol–water partition coefficient (Wildman–Crippen LogP) is -0.999. The zero-order valence-electron chi connectivity index (χ0n) is 13.4. The lowest BCUT2D eigenvalue weighted by molar-refractivity contribution is -0.153. The summed E-state index contributed by atoms with van der Waals surface area (Å²) in [6.45, 7) is -0.516. The molecule has 0 spiro atoms. The molecular formula is C14H19NO9. The van der Waals surface area contributed by atoms with Crippen molar-refractivity contribution in [1.82, 2.24) is 0 Å². The van der Waals surface area contributed by atoms with Crippen molar-refractivity contribution in [3.8, 4) is 0 Å². The number of ether oxygens (including phenoxy) is 4. The highest BCUT2D eigenvalue weighted by molar-refractivity contribution is 6.03. The third-order valence-corrected chi connectivity index (χ3v) is 2.37. The lowest BCUT2D eigenvalue weighted by Gasteiger charge is -2.06. The number of rotatable bonds is 10. The first-order valence-corrected chi connectivity index (χ1v) is 6.72. The van der Waals surface area contributed by atoms with Gasteiger partial charge in [-0.05, 0) is 0 Å². The molecule has 0 fully saturated rings. The van der Waals surface area contributed by atoms with Crippen LogP contribution >= 0.6 is 0 Å². The standard InChI is InChI=1S/C14H19NO9/c1-21-11(17)5-9(15)6-13(19)23-3-4-24-14(20)8-10(16)7-12(18)22-2/h5H,3-4,6-8,15H2,1-2H3/b9-5-. The number of carbonyl (C=O) groups is 5. The zero-order chi connectivity index (χ0) is 18.5. The second-order valence-electron chi connectivity index (χ2n) is 4.33. The second-order valence-corrected chi connectivity index (χ2v) is 4.33. The maximum absolute atomic E-state index is 11.4. The van der Waals surface area contributed by atoms with Crippen molar-refractivity contribution in [2.75, 3.05) is 27.4 Å². The summed E-state index contributed by atoms with van der Waals surface area (Å²) >= 11 is 0. The van der Waals surface area contributed by atoms with Crippen LogP contribution in [0.25, 0.3) is 0 Å². The smallest absolute Gasteiger partial charge is 0.332 e. The van der Waals surface area contributed by atoms with Gasteiger partial charge >= 0.3 is 23.9 Å². The summed E-state index contributed by atoms with van der Waals surface area (Å²) in [7, 11) is 2.28. The average molecular weight is 345 g/mol. The topological polar surface area (TPSA) is 148 Å².